The summed E-state index contributed by atoms with van der Waals surface area (Å²) in [7, 11) is 0. The molecule has 6 heteroatoms. The number of anilines is 2. The molecule has 0 heterocycles. The number of carboxylic acid groups (broad SMARTS) is 1. The maximum Gasteiger partial charge on any atom is 0.323 e. The molecule has 3 amide bonds. The number of aryl methyl sites for hydroxylation is 1. The first-order chi connectivity index (χ1) is 10.5. The van der Waals surface area contributed by atoms with E-state index < -0.39 is 6.09 Å². The predicted octanol–water partition coefficient (Wildman–Crippen LogP) is 2.07. The molecule has 22 heavy (non-hydrogen) atoms. The lowest BCUT2D eigenvalue weighted by molar-refractivity contribution is -0.251. The lowest BCUT2D eigenvalue weighted by Gasteiger charge is -2.10. The average Bonchev–Trinajstić information content (AvgIpc) is 2.49. The Balaban J connectivity index is 1.91. The highest BCUT2D eigenvalue weighted by Gasteiger charge is 2.04. The van der Waals surface area contributed by atoms with E-state index in [0.29, 0.717) is 5.69 Å². The Morgan fingerprint density at radius 3 is 2.32 bits per heavy atom. The van der Waals surface area contributed by atoms with Crippen molar-refractivity contribution in [1.29, 1.82) is 0 Å². The van der Waals surface area contributed by atoms with Gasteiger partial charge in [0.15, 0.2) is 0 Å². The number of carbonyl (C=O) groups excluding carboxylic acids is 2. The number of urea groups is 1. The van der Waals surface area contributed by atoms with Gasteiger partial charge in [-0.25, -0.2) is 4.79 Å². The summed E-state index contributed by atoms with van der Waals surface area (Å²) in [5.74, 6) is 0. The van der Waals surface area contributed by atoms with E-state index in [1.807, 2.05) is 31.2 Å². The summed E-state index contributed by atoms with van der Waals surface area (Å²) in [5.41, 5.74) is 3.11. The van der Waals surface area contributed by atoms with Crippen LogP contribution >= 0.6 is 0 Å². The van der Waals surface area contributed by atoms with Gasteiger partial charge in [0.05, 0.1) is 0 Å². The third-order valence-corrected chi connectivity index (χ3v) is 3.04. The van der Waals surface area contributed by atoms with Crippen LogP contribution in [0.5, 0.6) is 0 Å². The molecule has 3 N–H and O–H groups in total. The monoisotopic (exact) mass is 298 g/mol. The SMILES string of the molecule is Cc1ccccc1NC(=O)Nc1ccc(CNC(=O)[O-])cc1. The number of rotatable bonds is 4. The summed E-state index contributed by atoms with van der Waals surface area (Å²) >= 11 is 0. The number of carbonyl (C=O) groups is 2. The van der Waals surface area contributed by atoms with Gasteiger partial charge in [-0.2, -0.15) is 0 Å². The molecule has 0 aliphatic carbocycles. The van der Waals surface area contributed by atoms with Crippen molar-refractivity contribution in [2.45, 2.75) is 13.5 Å². The molecule has 0 aromatic heterocycles. The smallest absolute Gasteiger partial charge is 0.323 e. The van der Waals surface area contributed by atoms with Crippen LogP contribution < -0.4 is 21.1 Å². The van der Waals surface area contributed by atoms with Crippen molar-refractivity contribution < 1.29 is 14.7 Å². The van der Waals surface area contributed by atoms with Crippen molar-refractivity contribution in [3.05, 3.63) is 59.7 Å². The molecule has 0 aliphatic heterocycles. The molecule has 114 valence electrons. The van der Waals surface area contributed by atoms with E-state index in [9.17, 15) is 14.7 Å². The largest absolute Gasteiger partial charge is 0.530 e. The summed E-state index contributed by atoms with van der Waals surface area (Å²) in [6.07, 6.45) is -1.32. The highest BCUT2D eigenvalue weighted by molar-refractivity contribution is 6.00. The molecule has 0 atom stereocenters. The second-order valence-corrected chi connectivity index (χ2v) is 4.73. The first kappa shape index (κ1) is 15.4. The molecule has 6 nitrogen and oxygen atoms in total. The minimum atomic E-state index is -1.32. The molecule has 0 aliphatic rings. The zero-order chi connectivity index (χ0) is 15.9. The summed E-state index contributed by atoms with van der Waals surface area (Å²) in [6.45, 7) is 2.08. The van der Waals surface area contributed by atoms with Gasteiger partial charge in [-0.1, -0.05) is 30.3 Å². The summed E-state index contributed by atoms with van der Waals surface area (Å²) in [6, 6.07) is 14.0. The van der Waals surface area contributed by atoms with Crippen molar-refractivity contribution in [2.24, 2.45) is 0 Å². The van der Waals surface area contributed by atoms with Crippen molar-refractivity contribution in [3.8, 4) is 0 Å². The van der Waals surface area contributed by atoms with Gasteiger partial charge in [0.1, 0.15) is 6.09 Å². The molecule has 0 bridgehead atoms. The number of para-hydroxylation sites is 1. The Morgan fingerprint density at radius 2 is 1.68 bits per heavy atom. The maximum absolute atomic E-state index is 11.9. The van der Waals surface area contributed by atoms with E-state index in [2.05, 4.69) is 16.0 Å². The Morgan fingerprint density at radius 1 is 1.00 bits per heavy atom. The molecule has 0 saturated carbocycles. The second-order valence-electron chi connectivity index (χ2n) is 4.73. The van der Waals surface area contributed by atoms with E-state index in [1.165, 1.54) is 0 Å². The minimum absolute atomic E-state index is 0.165. The normalized spacial score (nSPS) is 9.86. The van der Waals surface area contributed by atoms with Gasteiger partial charge < -0.3 is 25.9 Å². The van der Waals surface area contributed by atoms with Crippen LogP contribution in [0, 0.1) is 6.92 Å². The van der Waals surface area contributed by atoms with Gasteiger partial charge in [0, 0.05) is 17.9 Å². The van der Waals surface area contributed by atoms with Crippen molar-refractivity contribution >= 4 is 23.5 Å². The van der Waals surface area contributed by atoms with E-state index in [0.717, 1.165) is 16.8 Å². The summed E-state index contributed by atoms with van der Waals surface area (Å²) < 4.78 is 0. The third-order valence-electron chi connectivity index (χ3n) is 3.04. The van der Waals surface area contributed by atoms with Crippen LogP contribution in [0.15, 0.2) is 48.5 Å². The van der Waals surface area contributed by atoms with Crippen LogP contribution in [0.25, 0.3) is 0 Å². The highest BCUT2D eigenvalue weighted by Crippen LogP contribution is 2.14. The second kappa shape index (κ2) is 7.12. The molecule has 2 aromatic rings. The molecule has 0 radical (unpaired) electrons. The highest BCUT2D eigenvalue weighted by atomic mass is 16.4. The third kappa shape index (κ3) is 4.52. The fourth-order valence-corrected chi connectivity index (χ4v) is 1.88. The Hall–Kier alpha value is -3.02. The Kier molecular flexibility index (Phi) is 4.98. The van der Waals surface area contributed by atoms with Gasteiger partial charge in [-0.3, -0.25) is 0 Å². The first-order valence-corrected chi connectivity index (χ1v) is 6.72. The Bertz CT molecular complexity index is 669. The number of benzene rings is 2. The number of nitrogens with one attached hydrogen (secondary N) is 3. The molecule has 2 aromatic carbocycles. The van der Waals surface area contributed by atoms with E-state index in [-0.39, 0.29) is 12.6 Å². The molecule has 0 spiro atoms. The molecule has 0 unspecified atom stereocenters. The number of hydrogen-bond acceptors (Lipinski definition) is 3. The van der Waals surface area contributed by atoms with Gasteiger partial charge in [0.2, 0.25) is 0 Å². The van der Waals surface area contributed by atoms with Crippen molar-refractivity contribution in [2.75, 3.05) is 10.6 Å². The van der Waals surface area contributed by atoms with Crippen molar-refractivity contribution in [3.63, 3.8) is 0 Å². The molecule has 2 rings (SSSR count). The molecular weight excluding hydrogens is 282 g/mol. The van der Waals surface area contributed by atoms with Crippen LogP contribution in [0.1, 0.15) is 11.1 Å². The van der Waals surface area contributed by atoms with Gasteiger partial charge in [0.25, 0.3) is 0 Å². The van der Waals surface area contributed by atoms with E-state index in [4.69, 9.17) is 0 Å². The first-order valence-electron chi connectivity index (χ1n) is 6.72. The number of hydrogen-bond donors (Lipinski definition) is 3. The van der Waals surface area contributed by atoms with Gasteiger partial charge in [-0.15, -0.1) is 0 Å². The van der Waals surface area contributed by atoms with Crippen LogP contribution in [0.2, 0.25) is 0 Å². The zero-order valence-electron chi connectivity index (χ0n) is 12.1. The zero-order valence-corrected chi connectivity index (χ0v) is 12.1. The van der Waals surface area contributed by atoms with Crippen LogP contribution in [-0.4, -0.2) is 12.1 Å². The fourth-order valence-electron chi connectivity index (χ4n) is 1.88. The van der Waals surface area contributed by atoms with E-state index >= 15 is 0 Å². The molecule has 0 saturated heterocycles. The predicted molar refractivity (Wildman–Crippen MR) is 82.5 cm³/mol. The Labute approximate surface area is 128 Å². The summed E-state index contributed by atoms with van der Waals surface area (Å²) in [4.78, 5) is 22.2. The maximum atomic E-state index is 11.9. The topological polar surface area (TPSA) is 93.3 Å². The lowest BCUT2D eigenvalue weighted by Crippen LogP contribution is -2.35. The summed E-state index contributed by atoms with van der Waals surface area (Å²) in [5, 5.41) is 17.9. The van der Waals surface area contributed by atoms with Crippen LogP contribution in [0.3, 0.4) is 0 Å². The number of amides is 3. The minimum Gasteiger partial charge on any atom is -0.530 e. The quantitative estimate of drug-likeness (QED) is 0.806. The lowest BCUT2D eigenvalue weighted by atomic mass is 10.2. The van der Waals surface area contributed by atoms with E-state index in [1.54, 1.807) is 24.3 Å². The standard InChI is InChI=1S/C16H17N3O3/c1-11-4-2-3-5-14(11)19-15(20)18-13-8-6-12(7-9-13)10-17-16(21)22/h2-9,17H,10H2,1H3,(H,21,22)(H2,18,19,20)/p-1. The molecule has 0 fully saturated rings. The average molecular weight is 298 g/mol. The van der Waals surface area contributed by atoms with Crippen molar-refractivity contribution in [1.82, 2.24) is 5.32 Å². The van der Waals surface area contributed by atoms with Gasteiger partial charge in [-0.05, 0) is 36.2 Å². The fraction of sp³-hybridized carbons (Fsp3) is 0.125. The van der Waals surface area contributed by atoms with Crippen LogP contribution in [-0.2, 0) is 6.54 Å². The van der Waals surface area contributed by atoms with Gasteiger partial charge >= 0.3 is 6.03 Å². The van der Waals surface area contributed by atoms with Crippen LogP contribution in [0.4, 0.5) is 21.0 Å². The molecular formula is C16H16N3O3-.